The molecule has 0 aliphatic carbocycles. The molecule has 0 spiro atoms. The third-order valence-electron chi connectivity index (χ3n) is 5.44. The fourth-order valence-corrected chi connectivity index (χ4v) is 3.93. The van der Waals surface area contributed by atoms with Crippen molar-refractivity contribution in [2.45, 2.75) is 32.2 Å². The van der Waals surface area contributed by atoms with E-state index in [2.05, 4.69) is 28.5 Å². The second kappa shape index (κ2) is 8.91. The largest absolute Gasteiger partial charge is 0.351 e. The molecule has 0 bridgehead atoms. The van der Waals surface area contributed by atoms with E-state index in [4.69, 9.17) is 0 Å². The Morgan fingerprint density at radius 3 is 2.67 bits per heavy atom. The smallest absolute Gasteiger partial charge is 0.269 e. The zero-order chi connectivity index (χ0) is 20.9. The number of rotatable bonds is 6. The number of para-hydroxylation sites is 1. The summed E-state index contributed by atoms with van der Waals surface area (Å²) in [5.74, 6) is -0.361. The van der Waals surface area contributed by atoms with Crippen LogP contribution in [0.25, 0.3) is 0 Å². The second-order valence-electron chi connectivity index (χ2n) is 7.63. The van der Waals surface area contributed by atoms with Gasteiger partial charge in [-0.2, -0.15) is 0 Å². The summed E-state index contributed by atoms with van der Waals surface area (Å²) in [5.41, 5.74) is 4.10. The Hall–Kier alpha value is -3.47. The van der Waals surface area contributed by atoms with E-state index in [1.54, 1.807) is 12.1 Å². The minimum absolute atomic E-state index is 0.0818. The molecule has 152 valence electrons. The average molecular weight is 399 g/mol. The van der Waals surface area contributed by atoms with E-state index in [0.717, 1.165) is 24.9 Å². The molecular formula is C25H25N3O2. The summed E-state index contributed by atoms with van der Waals surface area (Å²) in [5, 5.41) is 2.90. The molecule has 0 fully saturated rings. The summed E-state index contributed by atoms with van der Waals surface area (Å²) in [7, 11) is 0. The van der Waals surface area contributed by atoms with Crippen molar-refractivity contribution in [1.82, 2.24) is 10.3 Å². The van der Waals surface area contributed by atoms with E-state index in [9.17, 15) is 9.59 Å². The number of hydrogen-bond acceptors (Lipinski definition) is 3. The van der Waals surface area contributed by atoms with Crippen LogP contribution in [0.5, 0.6) is 0 Å². The lowest BCUT2D eigenvalue weighted by Gasteiger charge is -2.23. The van der Waals surface area contributed by atoms with Gasteiger partial charge in [-0.3, -0.25) is 14.6 Å². The van der Waals surface area contributed by atoms with Crippen LogP contribution in [-0.4, -0.2) is 29.4 Å². The molecule has 2 amide bonds. The summed E-state index contributed by atoms with van der Waals surface area (Å²) in [6.07, 6.45) is 4.11. The van der Waals surface area contributed by atoms with Gasteiger partial charge in [0.1, 0.15) is 5.69 Å². The molecule has 1 aliphatic heterocycles. The number of benzene rings is 2. The molecule has 1 aromatic heterocycles. The van der Waals surface area contributed by atoms with Gasteiger partial charge in [-0.25, -0.2) is 0 Å². The Morgan fingerprint density at radius 1 is 1.07 bits per heavy atom. The van der Waals surface area contributed by atoms with Gasteiger partial charge in [0, 0.05) is 30.0 Å². The van der Waals surface area contributed by atoms with Gasteiger partial charge < -0.3 is 10.2 Å². The summed E-state index contributed by atoms with van der Waals surface area (Å²) in [6.45, 7) is 2.60. The van der Waals surface area contributed by atoms with Crippen LogP contribution in [0.3, 0.4) is 0 Å². The molecule has 0 radical (unpaired) electrons. The van der Waals surface area contributed by atoms with E-state index in [0.29, 0.717) is 12.1 Å². The first-order chi connectivity index (χ1) is 14.6. The Bertz CT molecular complexity index is 1050. The van der Waals surface area contributed by atoms with Crippen molar-refractivity contribution in [1.29, 1.82) is 0 Å². The molecule has 0 saturated carbocycles. The van der Waals surface area contributed by atoms with Crippen LogP contribution in [-0.2, 0) is 12.8 Å². The number of nitrogens with one attached hydrogen (secondary N) is 1. The highest BCUT2D eigenvalue weighted by Crippen LogP contribution is 2.33. The fraction of sp³-hybridized carbons (Fsp3) is 0.240. The molecule has 2 aromatic carbocycles. The predicted octanol–water partition coefficient (Wildman–Crippen LogP) is 4.04. The lowest BCUT2D eigenvalue weighted by atomic mass is 10.1. The number of fused-ring (bicyclic) bond motifs is 1. The van der Waals surface area contributed by atoms with Crippen LogP contribution in [0, 0.1) is 0 Å². The Morgan fingerprint density at radius 2 is 1.83 bits per heavy atom. The van der Waals surface area contributed by atoms with Crippen LogP contribution in [0.4, 0.5) is 5.69 Å². The molecular weight excluding hydrogens is 374 g/mol. The molecule has 5 heteroatoms. The van der Waals surface area contributed by atoms with Crippen LogP contribution in [0.2, 0.25) is 0 Å². The molecule has 1 unspecified atom stereocenters. The lowest BCUT2D eigenvalue weighted by Crippen LogP contribution is -2.36. The summed E-state index contributed by atoms with van der Waals surface area (Å²) >= 11 is 0. The number of carbonyl (C=O) groups is 2. The first kappa shape index (κ1) is 19.8. The highest BCUT2D eigenvalue weighted by Gasteiger charge is 2.31. The Labute approximate surface area is 176 Å². The Kier molecular flexibility index (Phi) is 5.89. The molecule has 4 rings (SSSR count). The molecule has 1 atom stereocenters. The standard InChI is InChI=1S/C25H25N3O2/c1-18-16-20-11-5-6-12-23(20)28(18)25(30)21-13-15-26-22(17-21)24(29)27-14-7-10-19-8-3-2-4-9-19/h2-6,8-9,11-13,15,17-18H,7,10,14,16H2,1H3,(H,27,29). The van der Waals surface area contributed by atoms with E-state index in [1.165, 1.54) is 17.3 Å². The Balaban J connectivity index is 1.40. The van der Waals surface area contributed by atoms with Crippen molar-refractivity contribution in [2.75, 3.05) is 11.4 Å². The van der Waals surface area contributed by atoms with Crippen LogP contribution >= 0.6 is 0 Å². The first-order valence-corrected chi connectivity index (χ1v) is 10.3. The van der Waals surface area contributed by atoms with Gasteiger partial charge in [0.05, 0.1) is 0 Å². The van der Waals surface area contributed by atoms with E-state index >= 15 is 0 Å². The number of aromatic nitrogens is 1. The minimum atomic E-state index is -0.257. The van der Waals surface area contributed by atoms with E-state index in [1.807, 2.05) is 48.2 Å². The van der Waals surface area contributed by atoms with Gasteiger partial charge in [0.15, 0.2) is 0 Å². The maximum Gasteiger partial charge on any atom is 0.269 e. The maximum absolute atomic E-state index is 13.2. The van der Waals surface area contributed by atoms with Crippen LogP contribution < -0.4 is 10.2 Å². The van der Waals surface area contributed by atoms with Gasteiger partial charge >= 0.3 is 0 Å². The van der Waals surface area contributed by atoms with Gasteiger partial charge in [0.2, 0.25) is 0 Å². The molecule has 2 heterocycles. The lowest BCUT2D eigenvalue weighted by molar-refractivity contribution is 0.0948. The monoisotopic (exact) mass is 399 g/mol. The van der Waals surface area contributed by atoms with Crippen LogP contribution in [0.15, 0.2) is 72.9 Å². The van der Waals surface area contributed by atoms with E-state index in [-0.39, 0.29) is 23.6 Å². The zero-order valence-corrected chi connectivity index (χ0v) is 17.0. The van der Waals surface area contributed by atoms with Gasteiger partial charge in [-0.1, -0.05) is 48.5 Å². The highest BCUT2D eigenvalue weighted by atomic mass is 16.2. The number of pyridine rings is 1. The second-order valence-corrected chi connectivity index (χ2v) is 7.63. The SMILES string of the molecule is CC1Cc2ccccc2N1C(=O)c1ccnc(C(=O)NCCCc2ccccc2)c1. The van der Waals surface area contributed by atoms with Gasteiger partial charge in [0.25, 0.3) is 11.8 Å². The normalized spacial score (nSPS) is 15.0. The average Bonchev–Trinajstić information content (AvgIpc) is 3.12. The minimum Gasteiger partial charge on any atom is -0.351 e. The maximum atomic E-state index is 13.2. The van der Waals surface area contributed by atoms with Crippen molar-refractivity contribution in [3.05, 3.63) is 95.3 Å². The zero-order valence-electron chi connectivity index (χ0n) is 17.0. The number of amides is 2. The highest BCUT2D eigenvalue weighted by molar-refractivity contribution is 6.08. The third kappa shape index (κ3) is 4.25. The van der Waals surface area contributed by atoms with Crippen molar-refractivity contribution < 1.29 is 9.59 Å². The van der Waals surface area contributed by atoms with Crippen molar-refractivity contribution in [3.8, 4) is 0 Å². The number of aryl methyl sites for hydroxylation is 1. The number of hydrogen-bond donors (Lipinski definition) is 1. The molecule has 3 aromatic rings. The van der Waals surface area contributed by atoms with Crippen molar-refractivity contribution in [2.24, 2.45) is 0 Å². The quantitative estimate of drug-likeness (QED) is 0.637. The molecule has 1 aliphatic rings. The summed E-state index contributed by atoms with van der Waals surface area (Å²) < 4.78 is 0. The molecule has 30 heavy (non-hydrogen) atoms. The fourth-order valence-electron chi connectivity index (χ4n) is 3.93. The van der Waals surface area contributed by atoms with Gasteiger partial charge in [-0.15, -0.1) is 0 Å². The molecule has 5 nitrogen and oxygen atoms in total. The van der Waals surface area contributed by atoms with Crippen molar-refractivity contribution >= 4 is 17.5 Å². The summed E-state index contributed by atoms with van der Waals surface area (Å²) in [4.78, 5) is 31.7. The van der Waals surface area contributed by atoms with Crippen molar-refractivity contribution in [3.63, 3.8) is 0 Å². The number of anilines is 1. The topological polar surface area (TPSA) is 62.3 Å². The summed E-state index contributed by atoms with van der Waals surface area (Å²) in [6, 6.07) is 21.5. The van der Waals surface area contributed by atoms with E-state index < -0.39 is 0 Å². The first-order valence-electron chi connectivity index (χ1n) is 10.3. The number of nitrogens with zero attached hydrogens (tertiary/aromatic N) is 2. The predicted molar refractivity (Wildman–Crippen MR) is 118 cm³/mol. The number of carbonyl (C=O) groups excluding carboxylic acids is 2. The van der Waals surface area contributed by atoms with Crippen LogP contribution in [0.1, 0.15) is 45.3 Å². The van der Waals surface area contributed by atoms with Gasteiger partial charge in [-0.05, 0) is 55.5 Å². The molecule has 1 N–H and O–H groups in total. The third-order valence-corrected chi connectivity index (χ3v) is 5.44. The molecule has 0 saturated heterocycles.